The molecule has 2 bridgehead atoms. The number of nitrogens with one attached hydrogen (secondary N) is 1. The monoisotopic (exact) mass is 239 g/mol. The summed E-state index contributed by atoms with van der Waals surface area (Å²) in [5, 5.41) is 11.6. The van der Waals surface area contributed by atoms with Crippen LogP contribution in [-0.4, -0.2) is 23.0 Å². The van der Waals surface area contributed by atoms with E-state index in [2.05, 4.69) is 5.32 Å². The fourth-order valence-electron chi connectivity index (χ4n) is 3.47. The van der Waals surface area contributed by atoms with Crippen molar-refractivity contribution in [2.45, 2.75) is 45.6 Å². The zero-order valence-electron chi connectivity index (χ0n) is 10.5. The van der Waals surface area contributed by atoms with Crippen LogP contribution in [0.1, 0.15) is 39.5 Å². The summed E-state index contributed by atoms with van der Waals surface area (Å²) in [6.45, 7) is 3.45. The van der Waals surface area contributed by atoms with Gasteiger partial charge >= 0.3 is 5.97 Å². The molecule has 0 saturated heterocycles. The Morgan fingerprint density at radius 2 is 1.94 bits per heavy atom. The quantitative estimate of drug-likeness (QED) is 0.733. The highest BCUT2D eigenvalue weighted by Crippen LogP contribution is 2.49. The topological polar surface area (TPSA) is 66.4 Å². The lowest BCUT2D eigenvalue weighted by Crippen LogP contribution is -2.44. The first-order chi connectivity index (χ1) is 7.99. The largest absolute Gasteiger partial charge is 0.481 e. The first-order valence-corrected chi connectivity index (χ1v) is 6.52. The van der Waals surface area contributed by atoms with Crippen LogP contribution < -0.4 is 5.32 Å². The molecule has 0 aliphatic heterocycles. The van der Waals surface area contributed by atoms with Crippen LogP contribution >= 0.6 is 0 Å². The number of carbonyl (C=O) groups is 2. The average molecular weight is 239 g/mol. The molecule has 2 rings (SSSR count). The van der Waals surface area contributed by atoms with Crippen LogP contribution in [-0.2, 0) is 9.59 Å². The molecular formula is C13H21NO3. The van der Waals surface area contributed by atoms with Crippen molar-refractivity contribution in [1.82, 2.24) is 5.32 Å². The van der Waals surface area contributed by atoms with Crippen LogP contribution in [0.25, 0.3) is 0 Å². The highest BCUT2D eigenvalue weighted by molar-refractivity contribution is 5.96. The average Bonchev–Trinajstić information content (AvgIpc) is 2.89. The molecule has 5 atom stereocenters. The highest BCUT2D eigenvalue weighted by Gasteiger charge is 2.42. The number of carbonyl (C=O) groups excluding carboxylic acids is 1. The molecule has 4 heteroatoms. The van der Waals surface area contributed by atoms with Gasteiger partial charge in [0.25, 0.3) is 0 Å². The maximum atomic E-state index is 11.7. The second-order valence-electron chi connectivity index (χ2n) is 5.70. The third-order valence-corrected chi connectivity index (χ3v) is 4.57. The van der Waals surface area contributed by atoms with Crippen LogP contribution in [0.5, 0.6) is 0 Å². The molecule has 0 aromatic heterocycles. The standard InChI is InChI=1S/C13H21NO3/c1-7(13(16)17)12(15)14-8(2)11-6-9-3-4-10(11)5-9/h7-11H,3-6H2,1-2H3,(H,14,15)(H,16,17). The van der Waals surface area contributed by atoms with E-state index >= 15 is 0 Å². The van der Waals surface area contributed by atoms with Gasteiger partial charge in [-0.15, -0.1) is 0 Å². The summed E-state index contributed by atoms with van der Waals surface area (Å²) >= 11 is 0. The van der Waals surface area contributed by atoms with Crippen LogP contribution in [0.3, 0.4) is 0 Å². The Kier molecular flexibility index (Phi) is 3.40. The molecule has 17 heavy (non-hydrogen) atoms. The molecule has 0 spiro atoms. The van der Waals surface area contributed by atoms with Gasteiger partial charge in [-0.25, -0.2) is 0 Å². The number of rotatable bonds is 4. The smallest absolute Gasteiger partial charge is 0.315 e. The molecule has 0 heterocycles. The molecule has 2 aliphatic rings. The Morgan fingerprint density at radius 1 is 1.24 bits per heavy atom. The molecule has 0 radical (unpaired) electrons. The summed E-state index contributed by atoms with van der Waals surface area (Å²) in [5.41, 5.74) is 0. The fraction of sp³-hybridized carbons (Fsp3) is 0.846. The Morgan fingerprint density at radius 3 is 2.41 bits per heavy atom. The summed E-state index contributed by atoms with van der Waals surface area (Å²) < 4.78 is 0. The van der Waals surface area contributed by atoms with Crippen molar-refractivity contribution in [3.63, 3.8) is 0 Å². The summed E-state index contributed by atoms with van der Waals surface area (Å²) in [6, 6.07) is 0.111. The van der Waals surface area contributed by atoms with Crippen LogP contribution in [0.2, 0.25) is 0 Å². The first-order valence-electron chi connectivity index (χ1n) is 6.52. The van der Waals surface area contributed by atoms with E-state index in [1.54, 1.807) is 0 Å². The minimum absolute atomic E-state index is 0.111. The van der Waals surface area contributed by atoms with Gasteiger partial charge in [0, 0.05) is 6.04 Å². The summed E-state index contributed by atoms with van der Waals surface area (Å²) in [5.74, 6) is -0.207. The van der Waals surface area contributed by atoms with Crippen molar-refractivity contribution >= 4 is 11.9 Å². The normalized spacial score (nSPS) is 34.4. The Balaban J connectivity index is 1.87. The number of carboxylic acids is 1. The lowest BCUT2D eigenvalue weighted by atomic mass is 9.84. The zero-order chi connectivity index (χ0) is 12.6. The molecule has 5 unspecified atom stereocenters. The zero-order valence-corrected chi connectivity index (χ0v) is 10.5. The van der Waals surface area contributed by atoms with E-state index in [-0.39, 0.29) is 11.9 Å². The maximum Gasteiger partial charge on any atom is 0.315 e. The van der Waals surface area contributed by atoms with E-state index in [0.717, 1.165) is 11.8 Å². The van der Waals surface area contributed by atoms with Crippen LogP contribution in [0.4, 0.5) is 0 Å². The Labute approximate surface area is 102 Å². The van der Waals surface area contributed by atoms with E-state index in [9.17, 15) is 9.59 Å². The first kappa shape index (κ1) is 12.4. The third kappa shape index (κ3) is 2.45. The third-order valence-electron chi connectivity index (χ3n) is 4.57. The summed E-state index contributed by atoms with van der Waals surface area (Å²) in [6.07, 6.45) is 5.13. The lowest BCUT2D eigenvalue weighted by molar-refractivity contribution is -0.146. The van der Waals surface area contributed by atoms with Gasteiger partial charge in [-0.05, 0) is 50.9 Å². The molecule has 96 valence electrons. The van der Waals surface area contributed by atoms with Gasteiger partial charge < -0.3 is 10.4 Å². The van der Waals surface area contributed by atoms with Crippen molar-refractivity contribution in [3.05, 3.63) is 0 Å². The van der Waals surface area contributed by atoms with Crippen molar-refractivity contribution in [3.8, 4) is 0 Å². The second kappa shape index (κ2) is 4.67. The number of hydrogen-bond acceptors (Lipinski definition) is 2. The van der Waals surface area contributed by atoms with Gasteiger partial charge in [0.05, 0.1) is 0 Å². The molecule has 2 fully saturated rings. The number of carboxylic acid groups (broad SMARTS) is 1. The summed E-state index contributed by atoms with van der Waals surface area (Å²) in [7, 11) is 0. The summed E-state index contributed by atoms with van der Waals surface area (Å²) in [4.78, 5) is 22.4. The van der Waals surface area contributed by atoms with Crippen LogP contribution in [0.15, 0.2) is 0 Å². The predicted octanol–water partition coefficient (Wildman–Crippen LogP) is 1.65. The number of aliphatic carboxylic acids is 1. The molecule has 0 aromatic carbocycles. The molecule has 2 aliphatic carbocycles. The van der Waals surface area contributed by atoms with Crippen molar-refractivity contribution in [2.24, 2.45) is 23.7 Å². The molecule has 0 aromatic rings. The Bertz CT molecular complexity index is 329. The van der Waals surface area contributed by atoms with E-state index < -0.39 is 11.9 Å². The number of amides is 1. The van der Waals surface area contributed by atoms with Crippen LogP contribution in [0, 0.1) is 23.7 Å². The highest BCUT2D eigenvalue weighted by atomic mass is 16.4. The minimum atomic E-state index is -1.05. The predicted molar refractivity (Wildman–Crippen MR) is 63.3 cm³/mol. The molecule has 2 N–H and O–H groups in total. The van der Waals surface area contributed by atoms with Gasteiger partial charge in [-0.1, -0.05) is 6.42 Å². The molecule has 4 nitrogen and oxygen atoms in total. The molecule has 2 saturated carbocycles. The fourth-order valence-corrected chi connectivity index (χ4v) is 3.47. The van der Waals surface area contributed by atoms with E-state index in [1.165, 1.54) is 32.6 Å². The van der Waals surface area contributed by atoms with Gasteiger partial charge in [-0.3, -0.25) is 9.59 Å². The number of hydrogen-bond donors (Lipinski definition) is 2. The van der Waals surface area contributed by atoms with Gasteiger partial charge in [0.15, 0.2) is 0 Å². The lowest BCUT2D eigenvalue weighted by Gasteiger charge is -2.29. The van der Waals surface area contributed by atoms with E-state index in [4.69, 9.17) is 5.11 Å². The minimum Gasteiger partial charge on any atom is -0.481 e. The molecule has 1 amide bonds. The van der Waals surface area contributed by atoms with Crippen molar-refractivity contribution in [2.75, 3.05) is 0 Å². The van der Waals surface area contributed by atoms with Crippen molar-refractivity contribution < 1.29 is 14.7 Å². The van der Waals surface area contributed by atoms with E-state index in [0.29, 0.717) is 5.92 Å². The number of fused-ring (bicyclic) bond motifs is 2. The van der Waals surface area contributed by atoms with Gasteiger partial charge in [0.2, 0.25) is 5.91 Å². The van der Waals surface area contributed by atoms with Gasteiger partial charge in [-0.2, -0.15) is 0 Å². The SMILES string of the molecule is CC(C(=O)O)C(=O)NC(C)C1CC2CCC1C2. The molecular weight excluding hydrogens is 218 g/mol. The van der Waals surface area contributed by atoms with E-state index in [1.807, 2.05) is 6.92 Å². The maximum absolute atomic E-state index is 11.7. The van der Waals surface area contributed by atoms with Gasteiger partial charge in [0.1, 0.15) is 5.92 Å². The van der Waals surface area contributed by atoms with Crippen molar-refractivity contribution in [1.29, 1.82) is 0 Å². The Hall–Kier alpha value is -1.06. The second-order valence-corrected chi connectivity index (χ2v) is 5.70.